The van der Waals surface area contributed by atoms with Crippen LogP contribution in [0.15, 0.2) is 48.8 Å². The van der Waals surface area contributed by atoms with Gasteiger partial charge in [-0.1, -0.05) is 37.6 Å². The SMILES string of the molecule is CC(C)c1cccc(NCc2cn3cc(Cl)ccc3n2)c1. The lowest BCUT2D eigenvalue weighted by Gasteiger charge is -2.09. The highest BCUT2D eigenvalue weighted by atomic mass is 35.5. The predicted octanol–water partition coefficient (Wildman–Crippen LogP) is 4.72. The van der Waals surface area contributed by atoms with Gasteiger partial charge in [-0.15, -0.1) is 0 Å². The summed E-state index contributed by atoms with van der Waals surface area (Å²) in [7, 11) is 0. The van der Waals surface area contributed by atoms with E-state index in [-0.39, 0.29) is 0 Å². The summed E-state index contributed by atoms with van der Waals surface area (Å²) in [6.45, 7) is 5.09. The van der Waals surface area contributed by atoms with Gasteiger partial charge in [-0.2, -0.15) is 0 Å². The Balaban J connectivity index is 1.75. The molecule has 2 aromatic heterocycles. The van der Waals surface area contributed by atoms with Crippen molar-refractivity contribution in [1.29, 1.82) is 0 Å². The van der Waals surface area contributed by atoms with Crippen LogP contribution < -0.4 is 5.32 Å². The first kappa shape index (κ1) is 14.0. The van der Waals surface area contributed by atoms with E-state index in [4.69, 9.17) is 11.6 Å². The van der Waals surface area contributed by atoms with E-state index in [1.165, 1.54) is 5.56 Å². The summed E-state index contributed by atoms with van der Waals surface area (Å²) >= 11 is 5.98. The molecule has 0 saturated carbocycles. The van der Waals surface area contributed by atoms with Crippen LogP contribution in [0.4, 0.5) is 5.69 Å². The molecule has 2 heterocycles. The Morgan fingerprint density at radius 3 is 2.86 bits per heavy atom. The highest BCUT2D eigenvalue weighted by Crippen LogP contribution is 2.19. The molecule has 0 bridgehead atoms. The number of anilines is 1. The number of nitrogens with one attached hydrogen (secondary N) is 1. The van der Waals surface area contributed by atoms with E-state index in [2.05, 4.69) is 48.4 Å². The minimum atomic E-state index is 0.532. The van der Waals surface area contributed by atoms with Gasteiger partial charge in [-0.05, 0) is 35.7 Å². The largest absolute Gasteiger partial charge is 0.379 e. The third-order valence-corrected chi connectivity index (χ3v) is 3.72. The van der Waals surface area contributed by atoms with Crippen LogP contribution in [0.2, 0.25) is 5.02 Å². The van der Waals surface area contributed by atoms with Gasteiger partial charge >= 0.3 is 0 Å². The first-order valence-corrected chi connectivity index (χ1v) is 7.46. The lowest BCUT2D eigenvalue weighted by atomic mass is 10.0. The number of nitrogens with zero attached hydrogens (tertiary/aromatic N) is 2. The summed E-state index contributed by atoms with van der Waals surface area (Å²) in [4.78, 5) is 4.57. The van der Waals surface area contributed by atoms with Crippen LogP contribution in [-0.2, 0) is 6.54 Å². The van der Waals surface area contributed by atoms with Gasteiger partial charge in [0, 0.05) is 18.1 Å². The molecule has 0 unspecified atom stereocenters. The number of aromatic nitrogens is 2. The summed E-state index contributed by atoms with van der Waals surface area (Å²) in [5.74, 6) is 0.532. The molecule has 3 nitrogen and oxygen atoms in total. The fourth-order valence-electron chi connectivity index (χ4n) is 2.30. The van der Waals surface area contributed by atoms with Crippen molar-refractivity contribution in [3.8, 4) is 0 Å². The van der Waals surface area contributed by atoms with Gasteiger partial charge < -0.3 is 9.72 Å². The normalized spacial score (nSPS) is 11.2. The van der Waals surface area contributed by atoms with Crippen molar-refractivity contribution >= 4 is 22.9 Å². The van der Waals surface area contributed by atoms with Gasteiger partial charge in [0.25, 0.3) is 0 Å². The summed E-state index contributed by atoms with van der Waals surface area (Å²) in [5, 5.41) is 4.14. The van der Waals surface area contributed by atoms with E-state index in [0.29, 0.717) is 17.5 Å². The molecule has 0 aliphatic rings. The van der Waals surface area contributed by atoms with Crippen molar-refractivity contribution in [3.05, 3.63) is 65.1 Å². The molecular formula is C17H18ClN3. The van der Waals surface area contributed by atoms with Crippen molar-refractivity contribution in [2.45, 2.75) is 26.3 Å². The zero-order chi connectivity index (χ0) is 14.8. The lowest BCUT2D eigenvalue weighted by molar-refractivity contribution is 0.866. The molecule has 4 heteroatoms. The molecule has 3 aromatic rings. The maximum Gasteiger partial charge on any atom is 0.137 e. The second-order valence-corrected chi connectivity index (χ2v) is 5.92. The summed E-state index contributed by atoms with van der Waals surface area (Å²) in [5.41, 5.74) is 4.36. The van der Waals surface area contributed by atoms with Crippen molar-refractivity contribution in [3.63, 3.8) is 0 Å². The molecule has 21 heavy (non-hydrogen) atoms. The summed E-state index contributed by atoms with van der Waals surface area (Å²) in [6, 6.07) is 12.3. The van der Waals surface area contributed by atoms with E-state index in [1.807, 2.05) is 28.9 Å². The second-order valence-electron chi connectivity index (χ2n) is 5.48. The van der Waals surface area contributed by atoms with Gasteiger partial charge in [0.15, 0.2) is 0 Å². The summed E-state index contributed by atoms with van der Waals surface area (Å²) in [6.07, 6.45) is 3.87. The molecule has 0 fully saturated rings. The van der Waals surface area contributed by atoms with Crippen LogP contribution in [0, 0.1) is 0 Å². The number of imidazole rings is 1. The molecule has 0 aliphatic heterocycles. The van der Waals surface area contributed by atoms with E-state index in [0.717, 1.165) is 17.0 Å². The third-order valence-electron chi connectivity index (χ3n) is 3.49. The zero-order valence-corrected chi connectivity index (χ0v) is 12.9. The molecule has 0 atom stereocenters. The zero-order valence-electron chi connectivity index (χ0n) is 12.2. The highest BCUT2D eigenvalue weighted by molar-refractivity contribution is 6.30. The fraction of sp³-hybridized carbons (Fsp3) is 0.235. The third kappa shape index (κ3) is 3.19. The number of halogens is 1. The minimum absolute atomic E-state index is 0.532. The molecule has 1 aromatic carbocycles. The average Bonchev–Trinajstić information content (AvgIpc) is 2.87. The molecule has 0 radical (unpaired) electrons. The average molecular weight is 300 g/mol. The predicted molar refractivity (Wildman–Crippen MR) is 88.1 cm³/mol. The molecule has 1 N–H and O–H groups in total. The van der Waals surface area contributed by atoms with Crippen LogP contribution in [0.25, 0.3) is 5.65 Å². The van der Waals surface area contributed by atoms with E-state index in [9.17, 15) is 0 Å². The van der Waals surface area contributed by atoms with Crippen LogP contribution in [0.1, 0.15) is 31.0 Å². The number of rotatable bonds is 4. The van der Waals surface area contributed by atoms with Crippen molar-refractivity contribution in [2.24, 2.45) is 0 Å². The molecular weight excluding hydrogens is 282 g/mol. The van der Waals surface area contributed by atoms with Gasteiger partial charge in [-0.3, -0.25) is 0 Å². The van der Waals surface area contributed by atoms with Gasteiger partial charge in [0.2, 0.25) is 0 Å². The minimum Gasteiger partial charge on any atom is -0.379 e. The maximum absolute atomic E-state index is 5.98. The standard InChI is InChI=1S/C17H18ClN3/c1-12(2)13-4-3-5-15(8-13)19-9-16-11-21-10-14(18)6-7-17(21)20-16/h3-8,10-12,19H,9H2,1-2H3. The number of benzene rings is 1. The molecule has 0 saturated heterocycles. The first-order chi connectivity index (χ1) is 10.1. The maximum atomic E-state index is 5.98. The summed E-state index contributed by atoms with van der Waals surface area (Å²) < 4.78 is 1.95. The van der Waals surface area contributed by atoms with E-state index >= 15 is 0 Å². The second kappa shape index (κ2) is 5.78. The van der Waals surface area contributed by atoms with Gasteiger partial charge in [-0.25, -0.2) is 4.98 Å². The van der Waals surface area contributed by atoms with E-state index < -0.39 is 0 Å². The fourth-order valence-corrected chi connectivity index (χ4v) is 2.47. The molecule has 3 rings (SSSR count). The Bertz CT molecular complexity index is 762. The van der Waals surface area contributed by atoms with Crippen molar-refractivity contribution < 1.29 is 0 Å². The molecule has 0 amide bonds. The molecule has 0 spiro atoms. The van der Waals surface area contributed by atoms with Crippen LogP contribution >= 0.6 is 11.6 Å². The van der Waals surface area contributed by atoms with Crippen molar-refractivity contribution in [1.82, 2.24) is 9.38 Å². The van der Waals surface area contributed by atoms with E-state index in [1.54, 1.807) is 0 Å². The number of pyridine rings is 1. The molecule has 0 aliphatic carbocycles. The number of fused-ring (bicyclic) bond motifs is 1. The Morgan fingerprint density at radius 2 is 2.05 bits per heavy atom. The Hall–Kier alpha value is -2.00. The Labute approximate surface area is 129 Å². The number of hydrogen-bond donors (Lipinski definition) is 1. The monoisotopic (exact) mass is 299 g/mol. The van der Waals surface area contributed by atoms with Crippen molar-refractivity contribution in [2.75, 3.05) is 5.32 Å². The molecule has 108 valence electrons. The van der Waals surface area contributed by atoms with Crippen LogP contribution in [-0.4, -0.2) is 9.38 Å². The lowest BCUT2D eigenvalue weighted by Crippen LogP contribution is -2.00. The highest BCUT2D eigenvalue weighted by Gasteiger charge is 2.03. The number of hydrogen-bond acceptors (Lipinski definition) is 2. The Kier molecular flexibility index (Phi) is 3.84. The van der Waals surface area contributed by atoms with Crippen LogP contribution in [0.3, 0.4) is 0 Å². The van der Waals surface area contributed by atoms with Crippen LogP contribution in [0.5, 0.6) is 0 Å². The quantitative estimate of drug-likeness (QED) is 0.755. The van der Waals surface area contributed by atoms with Gasteiger partial charge in [0.05, 0.1) is 17.3 Å². The first-order valence-electron chi connectivity index (χ1n) is 7.09. The Morgan fingerprint density at radius 1 is 1.19 bits per heavy atom. The smallest absolute Gasteiger partial charge is 0.137 e. The van der Waals surface area contributed by atoms with Gasteiger partial charge in [0.1, 0.15) is 5.65 Å². The topological polar surface area (TPSA) is 29.3 Å².